The lowest BCUT2D eigenvalue weighted by Crippen LogP contribution is -2.30. The van der Waals surface area contributed by atoms with Crippen LogP contribution in [0.25, 0.3) is 0 Å². The van der Waals surface area contributed by atoms with Gasteiger partial charge in [0.1, 0.15) is 0 Å². The second-order valence-corrected chi connectivity index (χ2v) is 2.57. The molecule has 0 amide bonds. The molecule has 1 rings (SSSR count). The van der Waals surface area contributed by atoms with Crippen LogP contribution < -0.4 is 16.0 Å². The van der Waals surface area contributed by atoms with E-state index in [9.17, 15) is 0 Å². The Balaban J connectivity index is 0.000000202. The summed E-state index contributed by atoms with van der Waals surface area (Å²) in [4.78, 5) is 0. The van der Waals surface area contributed by atoms with Crippen molar-refractivity contribution in [2.45, 2.75) is 0 Å². The van der Waals surface area contributed by atoms with Gasteiger partial charge in [0, 0.05) is 26.2 Å². The van der Waals surface area contributed by atoms with Gasteiger partial charge in [0.05, 0.1) is 13.2 Å². The van der Waals surface area contributed by atoms with Crippen molar-refractivity contribution in [1.82, 2.24) is 16.0 Å². The molecule has 3 N–H and O–H groups in total. The van der Waals surface area contributed by atoms with E-state index in [4.69, 9.17) is 4.74 Å². The summed E-state index contributed by atoms with van der Waals surface area (Å²) < 4.78 is 5.01. The molecule has 0 atom stereocenters. The molecule has 0 saturated carbocycles. The first kappa shape index (κ1) is 11.8. The van der Waals surface area contributed by atoms with Gasteiger partial charge in [0.25, 0.3) is 0 Å². The number of nitrogens with one attached hydrogen (secondary N) is 3. The van der Waals surface area contributed by atoms with Crippen LogP contribution in [-0.2, 0) is 4.74 Å². The van der Waals surface area contributed by atoms with Crippen molar-refractivity contribution in [2.75, 3.05) is 53.5 Å². The Labute approximate surface area is 75.1 Å². The molecule has 0 aromatic heterocycles. The predicted octanol–water partition coefficient (Wildman–Crippen LogP) is -0.969. The second kappa shape index (κ2) is 10.8. The van der Waals surface area contributed by atoms with E-state index in [0.29, 0.717) is 0 Å². The summed E-state index contributed by atoms with van der Waals surface area (Å²) in [5.74, 6) is 0. The first-order valence-corrected chi connectivity index (χ1v) is 4.49. The Bertz CT molecular complexity index is 61.2. The van der Waals surface area contributed by atoms with Gasteiger partial charge in [0.15, 0.2) is 0 Å². The summed E-state index contributed by atoms with van der Waals surface area (Å²) in [5.41, 5.74) is 0. The maximum atomic E-state index is 5.01. The number of morpholine rings is 1. The summed E-state index contributed by atoms with van der Waals surface area (Å²) in [6.45, 7) is 5.94. The van der Waals surface area contributed by atoms with Gasteiger partial charge in [-0.2, -0.15) is 0 Å². The lowest BCUT2D eigenvalue weighted by atomic mass is 10.5. The molecule has 0 aromatic rings. The maximum absolute atomic E-state index is 5.01. The average molecular weight is 175 g/mol. The van der Waals surface area contributed by atoms with Crippen LogP contribution in [0, 0.1) is 0 Å². The summed E-state index contributed by atoms with van der Waals surface area (Å²) in [7, 11) is 3.88. The lowest BCUT2D eigenvalue weighted by molar-refractivity contribution is 0.109. The fourth-order valence-electron chi connectivity index (χ4n) is 0.766. The lowest BCUT2D eigenvalue weighted by Gasteiger charge is -2.10. The minimum atomic E-state index is 0.889. The Morgan fingerprint density at radius 3 is 1.75 bits per heavy atom. The van der Waals surface area contributed by atoms with Gasteiger partial charge < -0.3 is 20.7 Å². The Hall–Kier alpha value is -0.160. The van der Waals surface area contributed by atoms with Gasteiger partial charge in [-0.05, 0) is 14.1 Å². The summed E-state index contributed by atoms with van der Waals surface area (Å²) in [6.07, 6.45) is 0. The highest BCUT2D eigenvalue weighted by molar-refractivity contribution is 4.49. The Morgan fingerprint density at radius 2 is 1.58 bits per heavy atom. The van der Waals surface area contributed by atoms with Crippen LogP contribution in [0.2, 0.25) is 0 Å². The van der Waals surface area contributed by atoms with Gasteiger partial charge in [-0.25, -0.2) is 0 Å². The van der Waals surface area contributed by atoms with Crippen molar-refractivity contribution in [3.8, 4) is 0 Å². The molecule has 0 radical (unpaired) electrons. The van der Waals surface area contributed by atoms with Crippen LogP contribution >= 0.6 is 0 Å². The van der Waals surface area contributed by atoms with Gasteiger partial charge in [-0.1, -0.05) is 0 Å². The van der Waals surface area contributed by atoms with Gasteiger partial charge >= 0.3 is 0 Å². The third-order valence-electron chi connectivity index (χ3n) is 1.47. The van der Waals surface area contributed by atoms with Crippen LogP contribution in [0.5, 0.6) is 0 Å². The van der Waals surface area contributed by atoms with E-state index >= 15 is 0 Å². The van der Waals surface area contributed by atoms with Gasteiger partial charge in [0.2, 0.25) is 0 Å². The molecule has 12 heavy (non-hydrogen) atoms. The number of rotatable bonds is 3. The van der Waals surface area contributed by atoms with Crippen LogP contribution in [-0.4, -0.2) is 53.5 Å². The first-order chi connectivity index (χ1) is 5.91. The molecule has 1 heterocycles. The van der Waals surface area contributed by atoms with Crippen molar-refractivity contribution >= 4 is 0 Å². The SMILES string of the molecule is C1COCCN1.CNCCNC. The zero-order valence-corrected chi connectivity index (χ0v) is 8.15. The third kappa shape index (κ3) is 9.84. The van der Waals surface area contributed by atoms with Crippen LogP contribution in [0.1, 0.15) is 0 Å². The molecule has 0 unspecified atom stereocenters. The number of hydrogen-bond donors (Lipinski definition) is 3. The Kier molecular flexibility index (Phi) is 10.7. The fourth-order valence-corrected chi connectivity index (χ4v) is 0.766. The van der Waals surface area contributed by atoms with Crippen molar-refractivity contribution in [3.05, 3.63) is 0 Å². The summed E-state index contributed by atoms with van der Waals surface area (Å²) in [6, 6.07) is 0. The van der Waals surface area contributed by atoms with Crippen molar-refractivity contribution in [1.29, 1.82) is 0 Å². The summed E-state index contributed by atoms with van der Waals surface area (Å²) >= 11 is 0. The Morgan fingerprint density at radius 1 is 1.08 bits per heavy atom. The average Bonchev–Trinajstić information content (AvgIpc) is 2.18. The number of hydrogen-bond acceptors (Lipinski definition) is 4. The van der Waals surface area contributed by atoms with E-state index < -0.39 is 0 Å². The minimum Gasteiger partial charge on any atom is -0.379 e. The predicted molar refractivity (Wildman–Crippen MR) is 51.5 cm³/mol. The smallest absolute Gasteiger partial charge is 0.0591 e. The van der Waals surface area contributed by atoms with Crippen LogP contribution in [0.15, 0.2) is 0 Å². The van der Waals surface area contributed by atoms with Crippen molar-refractivity contribution in [2.24, 2.45) is 0 Å². The molecule has 0 aromatic carbocycles. The molecule has 0 spiro atoms. The highest BCUT2D eigenvalue weighted by Gasteiger charge is 1.92. The standard InChI is InChI=1S/C4H12N2.C4H9NO/c1-5-3-4-6-2;1-3-6-4-2-5-1/h5-6H,3-4H2,1-2H3;5H,1-4H2. The second-order valence-electron chi connectivity index (χ2n) is 2.57. The molecule has 1 saturated heterocycles. The topological polar surface area (TPSA) is 45.3 Å². The number of likely N-dealkylation sites (N-methyl/N-ethyl adjacent to an activating group) is 2. The quantitative estimate of drug-likeness (QED) is 0.483. The largest absolute Gasteiger partial charge is 0.379 e. The van der Waals surface area contributed by atoms with E-state index in [1.165, 1.54) is 0 Å². The first-order valence-electron chi connectivity index (χ1n) is 4.49. The van der Waals surface area contributed by atoms with Gasteiger partial charge in [-0.3, -0.25) is 0 Å². The highest BCUT2D eigenvalue weighted by atomic mass is 16.5. The molecule has 74 valence electrons. The van der Waals surface area contributed by atoms with Crippen molar-refractivity contribution in [3.63, 3.8) is 0 Å². The van der Waals surface area contributed by atoms with E-state index in [0.717, 1.165) is 39.4 Å². The third-order valence-corrected chi connectivity index (χ3v) is 1.47. The zero-order valence-electron chi connectivity index (χ0n) is 8.15. The molecule has 0 aliphatic carbocycles. The van der Waals surface area contributed by atoms with Gasteiger partial charge in [-0.15, -0.1) is 0 Å². The van der Waals surface area contributed by atoms with E-state index in [1.807, 2.05) is 14.1 Å². The van der Waals surface area contributed by atoms with Crippen LogP contribution in [0.4, 0.5) is 0 Å². The highest BCUT2D eigenvalue weighted by Crippen LogP contribution is 1.76. The number of ether oxygens (including phenoxy) is 1. The maximum Gasteiger partial charge on any atom is 0.0591 e. The van der Waals surface area contributed by atoms with E-state index in [2.05, 4.69) is 16.0 Å². The molecular formula is C8H21N3O. The molecule has 4 heteroatoms. The molecule has 1 aliphatic rings. The normalized spacial score (nSPS) is 16.5. The fraction of sp³-hybridized carbons (Fsp3) is 1.00. The molecule has 0 bridgehead atoms. The molecule has 4 nitrogen and oxygen atoms in total. The van der Waals surface area contributed by atoms with E-state index in [1.54, 1.807) is 0 Å². The van der Waals surface area contributed by atoms with E-state index in [-0.39, 0.29) is 0 Å². The molecule has 1 aliphatic heterocycles. The van der Waals surface area contributed by atoms with Crippen molar-refractivity contribution < 1.29 is 4.74 Å². The molecule has 1 fully saturated rings. The zero-order chi connectivity index (χ0) is 9.07. The minimum absolute atomic E-state index is 0.889. The van der Waals surface area contributed by atoms with Crippen LogP contribution in [0.3, 0.4) is 0 Å². The monoisotopic (exact) mass is 175 g/mol. The molecular weight excluding hydrogens is 154 g/mol. The summed E-state index contributed by atoms with van der Waals surface area (Å²) in [5, 5.41) is 9.17.